The molecule has 8 nitrogen and oxygen atoms in total. The van der Waals surface area contributed by atoms with Crippen molar-refractivity contribution in [3.8, 4) is 11.1 Å². The first-order valence-electron chi connectivity index (χ1n) is 8.91. The van der Waals surface area contributed by atoms with Gasteiger partial charge in [-0.05, 0) is 11.6 Å². The molecule has 0 bridgehead atoms. The number of para-hydroxylation sites is 1. The van der Waals surface area contributed by atoms with Crippen LogP contribution in [0.3, 0.4) is 0 Å². The molecule has 2 amide bonds. The van der Waals surface area contributed by atoms with Gasteiger partial charge >= 0.3 is 11.8 Å². The molecule has 2 aromatic carbocycles. The van der Waals surface area contributed by atoms with Crippen molar-refractivity contribution in [3.05, 3.63) is 66.3 Å². The van der Waals surface area contributed by atoms with Crippen molar-refractivity contribution < 1.29 is 14.1 Å². The van der Waals surface area contributed by atoms with Crippen molar-refractivity contribution in [1.82, 2.24) is 15.0 Å². The van der Waals surface area contributed by atoms with Gasteiger partial charge in [-0.25, -0.2) is 0 Å². The highest BCUT2D eigenvalue weighted by atomic mass is 16.5. The minimum atomic E-state index is -0.767. The molecule has 142 valence electrons. The van der Waals surface area contributed by atoms with Gasteiger partial charge in [-0.1, -0.05) is 53.7 Å². The van der Waals surface area contributed by atoms with Crippen molar-refractivity contribution >= 4 is 17.5 Å². The van der Waals surface area contributed by atoms with Crippen molar-refractivity contribution in [2.45, 2.75) is 6.54 Å². The number of hydrogen-bond acceptors (Lipinski definition) is 6. The Morgan fingerprint density at radius 1 is 1.07 bits per heavy atom. The third-order valence-corrected chi connectivity index (χ3v) is 4.62. The maximum atomic E-state index is 12.8. The second-order valence-electron chi connectivity index (χ2n) is 6.52. The smallest absolute Gasteiger partial charge is 0.315 e. The van der Waals surface area contributed by atoms with Crippen LogP contribution in [0.25, 0.3) is 11.1 Å². The molecule has 0 unspecified atom stereocenters. The van der Waals surface area contributed by atoms with Crippen molar-refractivity contribution in [2.75, 3.05) is 24.5 Å². The Morgan fingerprint density at radius 2 is 1.82 bits per heavy atom. The van der Waals surface area contributed by atoms with Crippen LogP contribution in [-0.2, 0) is 11.3 Å². The molecule has 0 saturated carbocycles. The molecular weight excluding hydrogens is 358 g/mol. The molecule has 1 saturated heterocycles. The Morgan fingerprint density at radius 3 is 2.54 bits per heavy atom. The van der Waals surface area contributed by atoms with Crippen LogP contribution >= 0.6 is 0 Å². The number of carbonyl (C=O) groups is 2. The summed E-state index contributed by atoms with van der Waals surface area (Å²) in [6.45, 7) is 1.73. The first-order valence-corrected chi connectivity index (χ1v) is 8.91. The summed E-state index contributed by atoms with van der Waals surface area (Å²) < 4.78 is 4.79. The molecule has 2 heterocycles. The summed E-state index contributed by atoms with van der Waals surface area (Å²) in [5.74, 6) is -0.665. The number of piperazine rings is 1. The first-order chi connectivity index (χ1) is 13.6. The molecule has 28 heavy (non-hydrogen) atoms. The molecular formula is C20H19N5O3. The fourth-order valence-electron chi connectivity index (χ4n) is 3.30. The number of primary amides is 1. The van der Waals surface area contributed by atoms with Gasteiger partial charge in [-0.15, -0.1) is 0 Å². The number of nitrogens with two attached hydrogens (primary N) is 1. The van der Waals surface area contributed by atoms with Gasteiger partial charge in [0.05, 0.1) is 18.8 Å². The van der Waals surface area contributed by atoms with Crippen LogP contribution in [-0.4, -0.2) is 46.5 Å². The van der Waals surface area contributed by atoms with E-state index < -0.39 is 5.91 Å². The van der Waals surface area contributed by atoms with Gasteiger partial charge in [-0.2, -0.15) is 4.98 Å². The predicted octanol–water partition coefficient (Wildman–Crippen LogP) is 1.68. The fourth-order valence-corrected chi connectivity index (χ4v) is 3.30. The summed E-state index contributed by atoms with van der Waals surface area (Å²) in [5.41, 5.74) is 8.11. The maximum Gasteiger partial charge on any atom is 0.315 e. The SMILES string of the molecule is NC(=O)c1nc(CN2CCN(c3ccccc3-c3ccccc3)C(=O)C2)no1. The molecule has 1 aliphatic rings. The zero-order valence-corrected chi connectivity index (χ0v) is 15.1. The molecule has 0 radical (unpaired) electrons. The van der Waals surface area contributed by atoms with Crippen molar-refractivity contribution in [3.63, 3.8) is 0 Å². The van der Waals surface area contributed by atoms with Crippen LogP contribution in [0.15, 0.2) is 59.1 Å². The Bertz CT molecular complexity index is 1000. The number of rotatable bonds is 5. The average Bonchev–Trinajstić information content (AvgIpc) is 3.18. The largest absolute Gasteiger partial charge is 0.361 e. The maximum absolute atomic E-state index is 12.8. The van der Waals surface area contributed by atoms with E-state index >= 15 is 0 Å². The highest BCUT2D eigenvalue weighted by Crippen LogP contribution is 2.31. The molecule has 0 aliphatic carbocycles. The summed E-state index contributed by atoms with van der Waals surface area (Å²) in [4.78, 5) is 31.6. The van der Waals surface area contributed by atoms with E-state index in [2.05, 4.69) is 10.1 Å². The number of benzene rings is 2. The van der Waals surface area contributed by atoms with E-state index in [0.717, 1.165) is 16.8 Å². The Hall–Kier alpha value is -3.52. The van der Waals surface area contributed by atoms with Gasteiger partial charge in [0.1, 0.15) is 0 Å². The van der Waals surface area contributed by atoms with E-state index in [9.17, 15) is 9.59 Å². The van der Waals surface area contributed by atoms with Gasteiger partial charge in [0.2, 0.25) is 5.91 Å². The number of amides is 2. The molecule has 2 N–H and O–H groups in total. The van der Waals surface area contributed by atoms with Gasteiger partial charge in [0, 0.05) is 18.7 Å². The summed E-state index contributed by atoms with van der Waals surface area (Å²) in [6.07, 6.45) is 0. The Labute approximate surface area is 161 Å². The summed E-state index contributed by atoms with van der Waals surface area (Å²) in [7, 11) is 0. The molecule has 8 heteroatoms. The molecule has 3 aromatic rings. The second-order valence-corrected chi connectivity index (χ2v) is 6.52. The van der Waals surface area contributed by atoms with E-state index in [0.29, 0.717) is 25.5 Å². The normalized spacial score (nSPS) is 15.0. The van der Waals surface area contributed by atoms with Crippen molar-refractivity contribution in [1.29, 1.82) is 0 Å². The summed E-state index contributed by atoms with van der Waals surface area (Å²) >= 11 is 0. The number of aromatic nitrogens is 2. The Balaban J connectivity index is 1.49. The third-order valence-electron chi connectivity index (χ3n) is 4.62. The van der Waals surface area contributed by atoms with E-state index in [-0.39, 0.29) is 18.3 Å². The van der Waals surface area contributed by atoms with Crippen LogP contribution in [0, 0.1) is 0 Å². The van der Waals surface area contributed by atoms with E-state index in [1.54, 1.807) is 0 Å². The lowest BCUT2D eigenvalue weighted by molar-refractivity contribution is -0.121. The van der Waals surface area contributed by atoms with E-state index in [1.807, 2.05) is 64.4 Å². The van der Waals surface area contributed by atoms with E-state index in [1.165, 1.54) is 0 Å². The monoisotopic (exact) mass is 377 g/mol. The highest BCUT2D eigenvalue weighted by molar-refractivity contribution is 5.99. The fraction of sp³-hybridized carbons (Fsp3) is 0.200. The van der Waals surface area contributed by atoms with E-state index in [4.69, 9.17) is 10.3 Å². The van der Waals surface area contributed by atoms with Gasteiger partial charge in [0.15, 0.2) is 5.82 Å². The topological polar surface area (TPSA) is 106 Å². The number of carbonyl (C=O) groups excluding carboxylic acids is 2. The highest BCUT2D eigenvalue weighted by Gasteiger charge is 2.27. The second kappa shape index (κ2) is 7.61. The summed E-state index contributed by atoms with van der Waals surface area (Å²) in [6, 6.07) is 17.9. The van der Waals surface area contributed by atoms with Gasteiger partial charge in [-0.3, -0.25) is 14.5 Å². The predicted molar refractivity (Wildman–Crippen MR) is 102 cm³/mol. The van der Waals surface area contributed by atoms with Gasteiger partial charge < -0.3 is 15.2 Å². The minimum Gasteiger partial charge on any atom is -0.361 e. The van der Waals surface area contributed by atoms with Crippen LogP contribution < -0.4 is 10.6 Å². The molecule has 0 spiro atoms. The molecule has 0 atom stereocenters. The molecule has 1 fully saturated rings. The first kappa shape index (κ1) is 17.9. The van der Waals surface area contributed by atoms with Crippen LogP contribution in [0.4, 0.5) is 5.69 Å². The van der Waals surface area contributed by atoms with Crippen molar-refractivity contribution in [2.24, 2.45) is 5.73 Å². The zero-order chi connectivity index (χ0) is 19.5. The van der Waals surface area contributed by atoms with Crippen LogP contribution in [0.2, 0.25) is 0 Å². The lowest BCUT2D eigenvalue weighted by Gasteiger charge is -2.34. The minimum absolute atomic E-state index is 0.00625. The average molecular weight is 377 g/mol. The van der Waals surface area contributed by atoms with Crippen LogP contribution in [0.5, 0.6) is 0 Å². The third kappa shape index (κ3) is 3.63. The van der Waals surface area contributed by atoms with Gasteiger partial charge in [0.25, 0.3) is 0 Å². The quantitative estimate of drug-likeness (QED) is 0.725. The standard InChI is InChI=1S/C20H19N5O3/c21-19(27)20-22-17(23-28-20)12-24-10-11-25(18(26)13-24)16-9-5-4-8-15(16)14-6-2-1-3-7-14/h1-9H,10-13H2,(H2,21,27). The summed E-state index contributed by atoms with van der Waals surface area (Å²) in [5, 5.41) is 3.73. The molecule has 4 rings (SSSR count). The molecule has 1 aliphatic heterocycles. The van der Waals surface area contributed by atoms with Crippen LogP contribution in [0.1, 0.15) is 16.5 Å². The number of nitrogens with zero attached hydrogens (tertiary/aromatic N) is 4. The Kier molecular flexibility index (Phi) is 4.86. The molecule has 1 aromatic heterocycles. The lowest BCUT2D eigenvalue weighted by Crippen LogP contribution is -2.50. The number of anilines is 1. The lowest BCUT2D eigenvalue weighted by atomic mass is 10.0. The number of hydrogen-bond donors (Lipinski definition) is 1. The zero-order valence-electron chi connectivity index (χ0n) is 15.1.